The molecular weight excluding hydrogens is 450 g/mol. The number of hydrogen-bond acceptors (Lipinski definition) is 11. The van der Waals surface area contributed by atoms with E-state index in [9.17, 15) is 20.1 Å². The number of unbranched alkanes of at least 4 members (excludes halogenated alkanes) is 1. The third kappa shape index (κ3) is 5.90. The standard InChI is InChI=1S/C20H33N7O5S/c1-3-5-6-21-17-14-18(24-20(23-17)33-7-4-2)27(26-25-14)13-8-12(15(30)16(13)31)19(32)22-9-11(29)10-28/h11-13,15-16,28-31H,3-10H2,1-2H3,(H,22,32)(H,21,23,24)/t11?,12-,13+,15+,16-/m0/s1. The van der Waals surface area contributed by atoms with Crippen molar-refractivity contribution in [1.29, 1.82) is 0 Å². The molecule has 1 amide bonds. The van der Waals surface area contributed by atoms with Gasteiger partial charge in [0.05, 0.1) is 30.8 Å². The molecule has 1 unspecified atom stereocenters. The second-order valence-electron chi connectivity index (χ2n) is 8.16. The maximum atomic E-state index is 12.5. The van der Waals surface area contributed by atoms with E-state index in [0.29, 0.717) is 22.1 Å². The van der Waals surface area contributed by atoms with E-state index in [2.05, 4.69) is 44.8 Å². The fraction of sp³-hybridized carbons (Fsp3) is 0.750. The van der Waals surface area contributed by atoms with E-state index in [4.69, 9.17) is 5.11 Å². The molecule has 0 bridgehead atoms. The monoisotopic (exact) mass is 483 g/mol. The second-order valence-corrected chi connectivity index (χ2v) is 9.22. The molecule has 0 spiro atoms. The number of fused-ring (bicyclic) bond motifs is 1. The van der Waals surface area contributed by atoms with Crippen LogP contribution in [0.1, 0.15) is 45.6 Å². The van der Waals surface area contributed by atoms with Crippen molar-refractivity contribution >= 4 is 34.7 Å². The fourth-order valence-corrected chi connectivity index (χ4v) is 4.42. The van der Waals surface area contributed by atoms with Gasteiger partial charge in [0, 0.05) is 18.8 Å². The third-order valence-corrected chi connectivity index (χ3v) is 6.64. The van der Waals surface area contributed by atoms with Gasteiger partial charge in [-0.25, -0.2) is 14.6 Å². The highest BCUT2D eigenvalue weighted by Gasteiger charge is 2.47. The molecule has 0 saturated heterocycles. The zero-order valence-electron chi connectivity index (χ0n) is 18.9. The summed E-state index contributed by atoms with van der Waals surface area (Å²) in [4.78, 5) is 21.7. The predicted octanol–water partition coefficient (Wildman–Crippen LogP) is -0.312. The van der Waals surface area contributed by atoms with Gasteiger partial charge in [0.25, 0.3) is 0 Å². The van der Waals surface area contributed by atoms with Gasteiger partial charge in [-0.05, 0) is 19.3 Å². The van der Waals surface area contributed by atoms with Crippen molar-refractivity contribution in [3.8, 4) is 0 Å². The van der Waals surface area contributed by atoms with Crippen molar-refractivity contribution in [1.82, 2.24) is 30.3 Å². The van der Waals surface area contributed by atoms with Gasteiger partial charge >= 0.3 is 0 Å². The van der Waals surface area contributed by atoms with Gasteiger partial charge < -0.3 is 31.1 Å². The van der Waals surface area contributed by atoms with E-state index >= 15 is 0 Å². The highest BCUT2D eigenvalue weighted by atomic mass is 32.2. The molecule has 3 rings (SSSR count). The molecule has 1 aliphatic carbocycles. The molecule has 2 aromatic rings. The van der Waals surface area contributed by atoms with Crippen molar-refractivity contribution < 1.29 is 25.2 Å². The summed E-state index contributed by atoms with van der Waals surface area (Å²) in [6, 6.07) is -0.717. The number of nitrogens with zero attached hydrogens (tertiary/aromatic N) is 5. The molecule has 12 nitrogen and oxygen atoms in total. The number of thioether (sulfide) groups is 1. The zero-order valence-corrected chi connectivity index (χ0v) is 19.7. The summed E-state index contributed by atoms with van der Waals surface area (Å²) < 4.78 is 1.46. The summed E-state index contributed by atoms with van der Waals surface area (Å²) in [6.45, 7) is 4.25. The van der Waals surface area contributed by atoms with Crippen LogP contribution in [0.25, 0.3) is 11.2 Å². The molecule has 13 heteroatoms. The minimum atomic E-state index is -1.32. The number of rotatable bonds is 12. The van der Waals surface area contributed by atoms with Gasteiger partial charge in [-0.2, -0.15) is 0 Å². The average molecular weight is 484 g/mol. The summed E-state index contributed by atoms with van der Waals surface area (Å²) in [5.74, 6) is -0.0165. The number of amides is 1. The van der Waals surface area contributed by atoms with Crippen LogP contribution in [0.4, 0.5) is 5.82 Å². The molecule has 2 heterocycles. The first-order valence-corrected chi connectivity index (χ1v) is 12.3. The normalized spacial score (nSPS) is 23.7. The summed E-state index contributed by atoms with van der Waals surface area (Å²) >= 11 is 1.51. The molecule has 0 aliphatic heterocycles. The molecule has 1 saturated carbocycles. The molecule has 6 N–H and O–H groups in total. The Balaban J connectivity index is 1.87. The minimum Gasteiger partial charge on any atom is -0.394 e. The Morgan fingerprint density at radius 3 is 2.73 bits per heavy atom. The maximum absolute atomic E-state index is 12.5. The number of carbonyl (C=O) groups is 1. The van der Waals surface area contributed by atoms with Crippen molar-refractivity contribution in [2.75, 3.05) is 30.8 Å². The Morgan fingerprint density at radius 2 is 2.03 bits per heavy atom. The molecule has 5 atom stereocenters. The van der Waals surface area contributed by atoms with Gasteiger partial charge in [-0.15, -0.1) is 5.10 Å². The number of aliphatic hydroxyl groups is 4. The van der Waals surface area contributed by atoms with Gasteiger partial charge in [-0.1, -0.05) is 37.2 Å². The quantitative estimate of drug-likeness (QED) is 0.132. The summed E-state index contributed by atoms with van der Waals surface area (Å²) in [6.07, 6.45) is -0.617. The molecule has 0 aromatic carbocycles. The van der Waals surface area contributed by atoms with Crippen LogP contribution in [0.2, 0.25) is 0 Å². The smallest absolute Gasteiger partial charge is 0.226 e. The highest BCUT2D eigenvalue weighted by Crippen LogP contribution is 2.37. The Hall–Kier alpha value is -2.06. The Morgan fingerprint density at radius 1 is 1.24 bits per heavy atom. The number of aliphatic hydroxyl groups excluding tert-OH is 4. The Kier molecular flexibility index (Phi) is 9.20. The zero-order chi connectivity index (χ0) is 24.0. The SMILES string of the molecule is CCCCNc1nc(SCCC)nc2c1nnn2[C@@H]1C[C@H](C(=O)NCC(O)CO)[C@@H](O)[C@H]1O. The van der Waals surface area contributed by atoms with Crippen LogP contribution < -0.4 is 10.6 Å². The summed E-state index contributed by atoms with van der Waals surface area (Å²) in [5, 5.41) is 54.4. The van der Waals surface area contributed by atoms with Gasteiger partial charge in [0.2, 0.25) is 5.91 Å². The number of hydrogen-bond donors (Lipinski definition) is 6. The molecule has 0 radical (unpaired) electrons. The van der Waals surface area contributed by atoms with E-state index in [1.54, 1.807) is 0 Å². The number of aromatic nitrogens is 5. The third-order valence-electron chi connectivity index (χ3n) is 5.59. The van der Waals surface area contributed by atoms with Crippen molar-refractivity contribution in [3.05, 3.63) is 0 Å². The van der Waals surface area contributed by atoms with Crippen LogP contribution in [-0.2, 0) is 4.79 Å². The van der Waals surface area contributed by atoms with Crippen LogP contribution >= 0.6 is 11.8 Å². The molecular formula is C20H33N7O5S. The predicted molar refractivity (Wildman–Crippen MR) is 123 cm³/mol. The van der Waals surface area contributed by atoms with E-state index in [0.717, 1.165) is 31.6 Å². The Labute approximate surface area is 196 Å². The largest absolute Gasteiger partial charge is 0.394 e. The maximum Gasteiger partial charge on any atom is 0.226 e. The van der Waals surface area contributed by atoms with Gasteiger partial charge in [0.15, 0.2) is 22.1 Å². The summed E-state index contributed by atoms with van der Waals surface area (Å²) in [7, 11) is 0. The number of carbonyl (C=O) groups excluding carboxylic acids is 1. The molecule has 184 valence electrons. The van der Waals surface area contributed by atoms with Crippen LogP contribution in [0.15, 0.2) is 5.16 Å². The van der Waals surface area contributed by atoms with E-state index in [-0.39, 0.29) is 13.0 Å². The lowest BCUT2D eigenvalue weighted by Crippen LogP contribution is -2.41. The van der Waals surface area contributed by atoms with E-state index < -0.39 is 42.8 Å². The average Bonchev–Trinajstić information content (AvgIpc) is 3.36. The van der Waals surface area contributed by atoms with Crippen LogP contribution in [0.3, 0.4) is 0 Å². The molecule has 2 aromatic heterocycles. The van der Waals surface area contributed by atoms with Crippen LogP contribution in [0, 0.1) is 5.92 Å². The van der Waals surface area contributed by atoms with Crippen LogP contribution in [0.5, 0.6) is 0 Å². The first-order valence-electron chi connectivity index (χ1n) is 11.3. The first-order chi connectivity index (χ1) is 15.9. The van der Waals surface area contributed by atoms with Gasteiger partial charge in [-0.3, -0.25) is 4.79 Å². The molecule has 33 heavy (non-hydrogen) atoms. The topological polar surface area (TPSA) is 179 Å². The molecule has 1 aliphatic rings. The number of nitrogens with one attached hydrogen (secondary N) is 2. The van der Waals surface area contributed by atoms with Crippen molar-refractivity contribution in [2.45, 2.75) is 69.0 Å². The first kappa shape index (κ1) is 25.6. The fourth-order valence-electron chi connectivity index (χ4n) is 3.72. The molecule has 1 fully saturated rings. The highest BCUT2D eigenvalue weighted by molar-refractivity contribution is 7.99. The lowest BCUT2D eigenvalue weighted by Gasteiger charge is -2.17. The van der Waals surface area contributed by atoms with Gasteiger partial charge in [0.1, 0.15) is 6.10 Å². The van der Waals surface area contributed by atoms with E-state index in [1.807, 2.05) is 0 Å². The van der Waals surface area contributed by atoms with Crippen molar-refractivity contribution in [2.24, 2.45) is 5.92 Å². The minimum absolute atomic E-state index is 0.113. The Bertz CT molecular complexity index is 930. The van der Waals surface area contributed by atoms with E-state index in [1.165, 1.54) is 16.4 Å². The van der Waals surface area contributed by atoms with Crippen molar-refractivity contribution in [3.63, 3.8) is 0 Å². The second kappa shape index (κ2) is 11.9. The lowest BCUT2D eigenvalue weighted by molar-refractivity contribution is -0.129. The van der Waals surface area contributed by atoms with Crippen LogP contribution in [-0.4, -0.2) is 95.1 Å². The number of anilines is 1. The summed E-state index contributed by atoms with van der Waals surface area (Å²) in [5.41, 5.74) is 0.892. The lowest BCUT2D eigenvalue weighted by atomic mass is 10.0.